The van der Waals surface area contributed by atoms with Crippen LogP contribution in [-0.4, -0.2) is 34.1 Å². The number of amides is 1. The largest absolute Gasteiger partial charge is 0.395 e. The van der Waals surface area contributed by atoms with Gasteiger partial charge in [-0.2, -0.15) is 15.6 Å². The summed E-state index contributed by atoms with van der Waals surface area (Å²) in [6.45, 7) is 2.55. The van der Waals surface area contributed by atoms with E-state index in [1.807, 2.05) is 19.1 Å². The van der Waals surface area contributed by atoms with E-state index in [0.29, 0.717) is 5.69 Å². The smallest absolute Gasteiger partial charge is 0.276 e. The number of anilines is 1. The highest BCUT2D eigenvalue weighted by Crippen LogP contribution is 2.17. The number of nitriles is 2. The highest BCUT2D eigenvalue weighted by Gasteiger charge is 2.22. The second-order valence-corrected chi connectivity index (χ2v) is 4.32. The van der Waals surface area contributed by atoms with Crippen molar-refractivity contribution in [1.29, 1.82) is 10.5 Å². The lowest BCUT2D eigenvalue weighted by Gasteiger charge is -2.19. The van der Waals surface area contributed by atoms with Crippen molar-refractivity contribution >= 4 is 11.6 Å². The van der Waals surface area contributed by atoms with E-state index in [4.69, 9.17) is 16.3 Å². The molecule has 20 heavy (non-hydrogen) atoms. The SMILES string of the molecule is CCCc1[nH]nc(C(=O)N(CCC#N)CCC#N)c1N. The van der Waals surface area contributed by atoms with Gasteiger partial charge in [0.2, 0.25) is 0 Å². The number of H-pyrrole nitrogens is 1. The van der Waals surface area contributed by atoms with Crippen LogP contribution in [-0.2, 0) is 6.42 Å². The van der Waals surface area contributed by atoms with E-state index in [1.54, 1.807) is 0 Å². The number of aromatic amines is 1. The third kappa shape index (κ3) is 3.72. The lowest BCUT2D eigenvalue weighted by Crippen LogP contribution is -2.33. The summed E-state index contributed by atoms with van der Waals surface area (Å²) in [5, 5.41) is 24.0. The first-order valence-corrected chi connectivity index (χ1v) is 6.51. The van der Waals surface area contributed by atoms with Gasteiger partial charge in [-0.25, -0.2) is 0 Å². The summed E-state index contributed by atoms with van der Waals surface area (Å²) >= 11 is 0. The van der Waals surface area contributed by atoms with E-state index in [9.17, 15) is 4.79 Å². The first-order valence-electron chi connectivity index (χ1n) is 6.51. The Labute approximate surface area is 118 Å². The predicted octanol–water partition coefficient (Wildman–Crippen LogP) is 1.21. The fraction of sp³-hybridized carbons (Fsp3) is 0.538. The number of hydrogen-bond donors (Lipinski definition) is 2. The van der Waals surface area contributed by atoms with Crippen molar-refractivity contribution in [1.82, 2.24) is 15.1 Å². The maximum atomic E-state index is 12.3. The summed E-state index contributed by atoms with van der Waals surface area (Å²) in [5.74, 6) is -0.341. The average molecular weight is 274 g/mol. The maximum Gasteiger partial charge on any atom is 0.276 e. The minimum atomic E-state index is -0.341. The molecule has 1 aromatic rings. The molecule has 1 amide bonds. The Morgan fingerprint density at radius 3 is 2.45 bits per heavy atom. The molecule has 0 atom stereocenters. The van der Waals surface area contributed by atoms with Crippen LogP contribution in [0.25, 0.3) is 0 Å². The fourth-order valence-corrected chi connectivity index (χ4v) is 1.82. The highest BCUT2D eigenvalue weighted by atomic mass is 16.2. The fourth-order valence-electron chi connectivity index (χ4n) is 1.82. The summed E-state index contributed by atoms with van der Waals surface area (Å²) in [6, 6.07) is 3.97. The van der Waals surface area contributed by atoms with Gasteiger partial charge in [-0.05, 0) is 6.42 Å². The molecule has 0 saturated carbocycles. The number of nitrogens with zero attached hydrogens (tertiary/aromatic N) is 4. The van der Waals surface area contributed by atoms with E-state index in [0.717, 1.165) is 18.5 Å². The van der Waals surface area contributed by atoms with Crippen molar-refractivity contribution in [3.63, 3.8) is 0 Å². The van der Waals surface area contributed by atoms with Crippen LogP contribution in [0.2, 0.25) is 0 Å². The minimum Gasteiger partial charge on any atom is -0.395 e. The Morgan fingerprint density at radius 2 is 1.95 bits per heavy atom. The van der Waals surface area contributed by atoms with Crippen molar-refractivity contribution in [2.24, 2.45) is 0 Å². The maximum absolute atomic E-state index is 12.3. The molecule has 106 valence electrons. The lowest BCUT2D eigenvalue weighted by molar-refractivity contribution is 0.0757. The second kappa shape index (κ2) is 7.80. The second-order valence-electron chi connectivity index (χ2n) is 4.32. The standard InChI is InChI=1S/C13H18N6O/c1-2-5-10-11(16)12(18-17-10)13(20)19(8-3-6-14)9-4-7-15/h2-5,8-9,16H2,1H3,(H,17,18). The van der Waals surface area contributed by atoms with Gasteiger partial charge in [-0.1, -0.05) is 13.3 Å². The van der Waals surface area contributed by atoms with E-state index < -0.39 is 0 Å². The van der Waals surface area contributed by atoms with Gasteiger partial charge in [0.1, 0.15) is 0 Å². The predicted molar refractivity (Wildman–Crippen MR) is 73.4 cm³/mol. The molecule has 0 aliphatic heterocycles. The molecule has 7 heteroatoms. The lowest BCUT2D eigenvalue weighted by atomic mass is 10.2. The molecule has 0 aliphatic rings. The number of nitrogen functional groups attached to an aromatic ring is 1. The van der Waals surface area contributed by atoms with Crippen molar-refractivity contribution < 1.29 is 4.79 Å². The molecular weight excluding hydrogens is 256 g/mol. The number of carbonyl (C=O) groups is 1. The highest BCUT2D eigenvalue weighted by molar-refractivity contribution is 5.97. The van der Waals surface area contributed by atoms with Crippen LogP contribution in [0, 0.1) is 22.7 Å². The van der Waals surface area contributed by atoms with Crippen LogP contribution in [0.3, 0.4) is 0 Å². The first-order chi connectivity index (χ1) is 9.65. The molecule has 0 saturated heterocycles. The Hall–Kier alpha value is -2.54. The summed E-state index contributed by atoms with van der Waals surface area (Å²) < 4.78 is 0. The molecule has 1 heterocycles. The summed E-state index contributed by atoms with van der Waals surface area (Å²) in [4.78, 5) is 13.8. The van der Waals surface area contributed by atoms with Gasteiger partial charge in [0.05, 0.1) is 36.4 Å². The van der Waals surface area contributed by atoms with Crippen LogP contribution in [0.15, 0.2) is 0 Å². The van der Waals surface area contributed by atoms with Crippen LogP contribution in [0.5, 0.6) is 0 Å². The molecule has 0 unspecified atom stereocenters. The number of aromatic nitrogens is 2. The van der Waals surface area contributed by atoms with Crippen molar-refractivity contribution in [2.45, 2.75) is 32.6 Å². The van der Waals surface area contributed by atoms with Gasteiger partial charge in [-0.15, -0.1) is 0 Å². The number of carbonyl (C=O) groups excluding carboxylic acids is 1. The minimum absolute atomic E-state index is 0.171. The Bertz CT molecular complexity index is 518. The van der Waals surface area contributed by atoms with Crippen LogP contribution in [0.1, 0.15) is 42.4 Å². The molecule has 0 radical (unpaired) electrons. The van der Waals surface area contributed by atoms with Crippen molar-refractivity contribution in [3.8, 4) is 12.1 Å². The van der Waals surface area contributed by atoms with Gasteiger partial charge in [0.15, 0.2) is 5.69 Å². The zero-order valence-electron chi connectivity index (χ0n) is 11.5. The molecular formula is C13H18N6O. The Morgan fingerprint density at radius 1 is 1.35 bits per heavy atom. The van der Waals surface area contributed by atoms with Crippen LogP contribution >= 0.6 is 0 Å². The number of hydrogen-bond acceptors (Lipinski definition) is 5. The zero-order valence-corrected chi connectivity index (χ0v) is 11.5. The average Bonchev–Trinajstić information content (AvgIpc) is 2.80. The molecule has 0 bridgehead atoms. The van der Waals surface area contributed by atoms with E-state index in [-0.39, 0.29) is 37.5 Å². The molecule has 3 N–H and O–H groups in total. The van der Waals surface area contributed by atoms with Gasteiger partial charge >= 0.3 is 0 Å². The molecule has 1 rings (SSSR count). The molecule has 1 aromatic heterocycles. The zero-order chi connectivity index (χ0) is 15.0. The monoisotopic (exact) mass is 274 g/mol. The van der Waals surface area contributed by atoms with Gasteiger partial charge < -0.3 is 10.6 Å². The third-order valence-electron chi connectivity index (χ3n) is 2.86. The number of rotatable bonds is 7. The molecule has 7 nitrogen and oxygen atoms in total. The van der Waals surface area contributed by atoms with Crippen LogP contribution in [0.4, 0.5) is 5.69 Å². The topological polar surface area (TPSA) is 123 Å². The first kappa shape index (κ1) is 15.5. The number of nitrogens with two attached hydrogens (primary N) is 1. The molecule has 0 fully saturated rings. The van der Waals surface area contributed by atoms with Crippen molar-refractivity contribution in [2.75, 3.05) is 18.8 Å². The molecule has 0 aliphatic carbocycles. The Balaban J connectivity index is 2.88. The van der Waals surface area contributed by atoms with Crippen molar-refractivity contribution in [3.05, 3.63) is 11.4 Å². The number of aryl methyl sites for hydroxylation is 1. The molecule has 0 aromatic carbocycles. The van der Waals surface area contributed by atoms with Gasteiger partial charge in [0.25, 0.3) is 5.91 Å². The summed E-state index contributed by atoms with van der Waals surface area (Å²) in [5.41, 5.74) is 7.19. The summed E-state index contributed by atoms with van der Waals surface area (Å²) in [6.07, 6.45) is 2.04. The quantitative estimate of drug-likeness (QED) is 0.773. The van der Waals surface area contributed by atoms with Gasteiger partial charge in [0, 0.05) is 13.1 Å². The molecule has 0 spiro atoms. The summed E-state index contributed by atoms with van der Waals surface area (Å²) in [7, 11) is 0. The number of nitrogens with one attached hydrogen (secondary N) is 1. The third-order valence-corrected chi connectivity index (χ3v) is 2.86. The van der Waals surface area contributed by atoms with E-state index in [2.05, 4.69) is 10.2 Å². The van der Waals surface area contributed by atoms with E-state index >= 15 is 0 Å². The Kier molecular flexibility index (Phi) is 6.05. The van der Waals surface area contributed by atoms with Gasteiger partial charge in [-0.3, -0.25) is 9.89 Å². The van der Waals surface area contributed by atoms with E-state index in [1.165, 1.54) is 4.90 Å². The normalized spacial score (nSPS) is 9.75. The van der Waals surface area contributed by atoms with Crippen LogP contribution < -0.4 is 5.73 Å².